The molecule has 0 radical (unpaired) electrons. The van der Waals surface area contributed by atoms with Crippen molar-refractivity contribution in [2.75, 3.05) is 39.4 Å². The number of pyridine rings is 1. The number of aromatic nitrogens is 1. The third-order valence-electron chi connectivity index (χ3n) is 9.22. The summed E-state index contributed by atoms with van der Waals surface area (Å²) in [5.74, 6) is -0.908. The Hall–Kier alpha value is -4.24. The smallest absolute Gasteiger partial charge is 0.410 e. The van der Waals surface area contributed by atoms with Crippen molar-refractivity contribution < 1.29 is 46.0 Å². The minimum absolute atomic E-state index is 0.00303. The third kappa shape index (κ3) is 15.4. The van der Waals surface area contributed by atoms with Crippen LogP contribution < -0.4 is 10.1 Å². The fraction of sp³-hybridized carbons (Fsp3) is 0.625. The van der Waals surface area contributed by atoms with E-state index in [1.54, 1.807) is 67.0 Å². The van der Waals surface area contributed by atoms with Crippen molar-refractivity contribution in [1.82, 2.24) is 20.1 Å². The number of piperidine rings is 2. The molecule has 0 saturated carbocycles. The third-order valence-corrected chi connectivity index (χ3v) is 10.4. The van der Waals surface area contributed by atoms with Gasteiger partial charge in [0.2, 0.25) is 11.8 Å². The van der Waals surface area contributed by atoms with Gasteiger partial charge in [-0.3, -0.25) is 23.6 Å². The topological polar surface area (TPSA) is 171 Å². The lowest BCUT2D eigenvalue weighted by Crippen LogP contribution is -2.46. The van der Waals surface area contributed by atoms with Crippen molar-refractivity contribution >= 4 is 34.0 Å². The summed E-state index contributed by atoms with van der Waals surface area (Å²) >= 11 is 0. The van der Waals surface area contributed by atoms with Crippen molar-refractivity contribution in [3.8, 4) is 5.75 Å². The predicted molar refractivity (Wildman–Crippen MR) is 205 cm³/mol. The largest absolute Gasteiger partial charge is 0.490 e. The van der Waals surface area contributed by atoms with Crippen molar-refractivity contribution in [3.05, 3.63) is 59.9 Å². The Balaban J connectivity index is 1.31. The monoisotopic (exact) mass is 786 g/mol. The molecule has 14 nitrogen and oxygen atoms in total. The fourth-order valence-electron chi connectivity index (χ4n) is 6.57. The molecule has 3 heterocycles. The Morgan fingerprint density at radius 2 is 1.58 bits per heavy atom. The highest BCUT2D eigenvalue weighted by Gasteiger charge is 2.32. The van der Waals surface area contributed by atoms with E-state index in [1.807, 2.05) is 20.8 Å². The van der Waals surface area contributed by atoms with Gasteiger partial charge in [0.25, 0.3) is 10.1 Å². The summed E-state index contributed by atoms with van der Waals surface area (Å²) in [6, 6.07) is 9.54. The molecule has 1 aromatic heterocycles. The SMILES string of the molecule is CC(C)(C)OC(=O)C[C@H](NC(=O)[C@@H]1CCCN(C(=O)CCC2CCN(C(=O)OC(C)(C)C)CC2)C1)c1cncc(OCCOS(=O)(=O)Cc2ccccc2)c1. The van der Waals surface area contributed by atoms with Gasteiger partial charge in [-0.15, -0.1) is 0 Å². The summed E-state index contributed by atoms with van der Waals surface area (Å²) in [6.07, 6.45) is 6.46. The van der Waals surface area contributed by atoms with Gasteiger partial charge in [0.15, 0.2) is 0 Å². The van der Waals surface area contributed by atoms with Crippen LogP contribution in [0.2, 0.25) is 0 Å². The van der Waals surface area contributed by atoms with Gasteiger partial charge >= 0.3 is 12.1 Å². The highest BCUT2D eigenvalue weighted by atomic mass is 32.2. The minimum Gasteiger partial charge on any atom is -0.490 e. The molecular formula is C40H58N4O10S. The average molecular weight is 787 g/mol. The number of hydrogen-bond donors (Lipinski definition) is 1. The predicted octanol–water partition coefficient (Wildman–Crippen LogP) is 5.56. The Morgan fingerprint density at radius 3 is 2.25 bits per heavy atom. The molecule has 0 bridgehead atoms. The zero-order valence-corrected chi connectivity index (χ0v) is 33.9. The molecule has 3 amide bonds. The van der Waals surface area contributed by atoms with Crippen molar-refractivity contribution in [3.63, 3.8) is 0 Å². The first-order valence-electron chi connectivity index (χ1n) is 19.1. The lowest BCUT2D eigenvalue weighted by molar-refractivity contribution is -0.155. The quantitative estimate of drug-likeness (QED) is 0.136. The molecule has 4 rings (SSSR count). The summed E-state index contributed by atoms with van der Waals surface area (Å²) in [7, 11) is -3.83. The molecule has 1 aromatic carbocycles. The van der Waals surface area contributed by atoms with Gasteiger partial charge in [-0.25, -0.2) is 4.79 Å². The summed E-state index contributed by atoms with van der Waals surface area (Å²) in [5, 5.41) is 3.01. The number of carbonyl (C=O) groups excluding carboxylic acids is 4. The molecule has 0 spiro atoms. The Kier molecular flexibility index (Phi) is 15.5. The fourth-order valence-corrected chi connectivity index (χ4v) is 7.58. The van der Waals surface area contributed by atoms with Crippen LogP contribution in [-0.2, 0) is 43.9 Å². The molecular weight excluding hydrogens is 729 g/mol. The highest BCUT2D eigenvalue weighted by molar-refractivity contribution is 7.85. The maximum atomic E-state index is 13.7. The van der Waals surface area contributed by atoms with E-state index in [1.165, 1.54) is 12.4 Å². The molecule has 2 saturated heterocycles. The molecule has 2 aromatic rings. The first kappa shape index (κ1) is 43.5. The van der Waals surface area contributed by atoms with E-state index in [-0.39, 0.29) is 49.8 Å². The van der Waals surface area contributed by atoms with Gasteiger partial charge in [-0.1, -0.05) is 30.3 Å². The van der Waals surface area contributed by atoms with Crippen molar-refractivity contribution in [1.29, 1.82) is 0 Å². The van der Waals surface area contributed by atoms with Gasteiger partial charge in [0.05, 0.1) is 24.6 Å². The number of esters is 1. The Morgan fingerprint density at radius 1 is 0.891 bits per heavy atom. The number of rotatable bonds is 15. The Labute approximate surface area is 325 Å². The number of hydrogen-bond acceptors (Lipinski definition) is 11. The molecule has 2 aliphatic heterocycles. The average Bonchev–Trinajstić information content (AvgIpc) is 3.11. The molecule has 2 aliphatic rings. The van der Waals surface area contributed by atoms with E-state index >= 15 is 0 Å². The van der Waals surface area contributed by atoms with E-state index in [0.717, 1.165) is 12.8 Å². The lowest BCUT2D eigenvalue weighted by atomic mass is 9.91. The van der Waals surface area contributed by atoms with Crippen LogP contribution in [0.1, 0.15) is 104 Å². The van der Waals surface area contributed by atoms with Gasteiger partial charge in [-0.2, -0.15) is 8.42 Å². The van der Waals surface area contributed by atoms with Crippen LogP contribution in [-0.4, -0.2) is 97.7 Å². The molecule has 2 atom stereocenters. The summed E-state index contributed by atoms with van der Waals surface area (Å²) < 4.78 is 46.7. The van der Waals surface area contributed by atoms with Gasteiger partial charge in [-0.05, 0) is 96.8 Å². The first-order valence-corrected chi connectivity index (χ1v) is 20.7. The van der Waals surface area contributed by atoms with E-state index in [0.29, 0.717) is 68.1 Å². The van der Waals surface area contributed by atoms with Gasteiger partial charge in [0.1, 0.15) is 35.9 Å². The van der Waals surface area contributed by atoms with Crippen LogP contribution in [0.3, 0.4) is 0 Å². The number of likely N-dealkylation sites (tertiary alicyclic amines) is 2. The number of benzene rings is 1. The van der Waals surface area contributed by atoms with E-state index in [2.05, 4.69) is 10.3 Å². The summed E-state index contributed by atoms with van der Waals surface area (Å²) in [5.41, 5.74) is -0.184. The van der Waals surface area contributed by atoms with Gasteiger partial charge < -0.3 is 29.3 Å². The number of amides is 3. The lowest BCUT2D eigenvalue weighted by Gasteiger charge is -2.35. The molecule has 1 N–H and O–H groups in total. The second-order valence-corrected chi connectivity index (χ2v) is 17.9. The Bertz CT molecular complexity index is 1700. The summed E-state index contributed by atoms with van der Waals surface area (Å²) in [6.45, 7) is 12.6. The molecule has 0 aliphatic carbocycles. The van der Waals surface area contributed by atoms with Crippen LogP contribution in [0.25, 0.3) is 0 Å². The minimum atomic E-state index is -3.83. The molecule has 304 valence electrons. The second kappa shape index (κ2) is 19.6. The maximum absolute atomic E-state index is 13.7. The van der Waals surface area contributed by atoms with E-state index < -0.39 is 39.2 Å². The van der Waals surface area contributed by atoms with Crippen LogP contribution in [0, 0.1) is 11.8 Å². The molecule has 55 heavy (non-hydrogen) atoms. The van der Waals surface area contributed by atoms with Crippen molar-refractivity contribution in [2.45, 2.75) is 109 Å². The van der Waals surface area contributed by atoms with Crippen molar-refractivity contribution in [2.24, 2.45) is 11.8 Å². The maximum Gasteiger partial charge on any atom is 0.410 e. The zero-order valence-electron chi connectivity index (χ0n) is 33.1. The normalized spacial score (nSPS) is 17.6. The van der Waals surface area contributed by atoms with Gasteiger partial charge in [0, 0.05) is 38.8 Å². The highest BCUT2D eigenvalue weighted by Crippen LogP contribution is 2.27. The molecule has 15 heteroatoms. The first-order chi connectivity index (χ1) is 25.9. The number of ether oxygens (including phenoxy) is 3. The van der Waals surface area contributed by atoms with Crippen LogP contribution in [0.5, 0.6) is 5.75 Å². The summed E-state index contributed by atoms with van der Waals surface area (Å²) in [4.78, 5) is 60.2. The van der Waals surface area contributed by atoms with E-state index in [4.69, 9.17) is 18.4 Å². The second-order valence-electron chi connectivity index (χ2n) is 16.3. The number of carbonyl (C=O) groups is 4. The van der Waals surface area contributed by atoms with Crippen LogP contribution >= 0.6 is 0 Å². The van der Waals surface area contributed by atoms with Crippen LogP contribution in [0.4, 0.5) is 4.79 Å². The number of nitrogens with one attached hydrogen (secondary N) is 1. The zero-order chi connectivity index (χ0) is 40.2. The van der Waals surface area contributed by atoms with Crippen LogP contribution in [0.15, 0.2) is 48.8 Å². The molecule has 2 fully saturated rings. The number of nitrogens with zero attached hydrogens (tertiary/aromatic N) is 3. The molecule has 0 unspecified atom stereocenters. The van der Waals surface area contributed by atoms with E-state index in [9.17, 15) is 27.6 Å². The standard InChI is InChI=1S/C40H58N4O10S/c1-39(2,3)53-36(46)24-34(32-23-33(26-41-25-32)51-21-22-52-55(49,50)28-30-11-8-7-9-12-30)42-37(47)31-13-10-18-44(27-31)35(45)15-14-29-16-19-43(20-17-29)38(48)54-40(4,5)6/h7-9,11-12,23,25-26,29,31,34H,10,13-22,24,27-28H2,1-6H3,(H,42,47)/t31-,34+/m1/s1.